The predicted molar refractivity (Wildman–Crippen MR) is 120 cm³/mol. The average Bonchev–Trinajstić information content (AvgIpc) is 3.36. The maximum absolute atomic E-state index is 5.53. The van der Waals surface area contributed by atoms with Crippen molar-refractivity contribution in [2.24, 2.45) is 0 Å². The summed E-state index contributed by atoms with van der Waals surface area (Å²) in [5.74, 6) is 2.05. The molecule has 2 N–H and O–H groups in total. The van der Waals surface area contributed by atoms with E-state index in [4.69, 9.17) is 14.7 Å². The summed E-state index contributed by atoms with van der Waals surface area (Å²) in [5, 5.41) is 5.20. The first-order valence-electron chi connectivity index (χ1n) is 11.4. The van der Waals surface area contributed by atoms with Crippen molar-refractivity contribution in [2.45, 2.75) is 51.1 Å². The topological polar surface area (TPSA) is 51.5 Å². The van der Waals surface area contributed by atoms with Crippen molar-refractivity contribution in [1.82, 2.24) is 9.97 Å². The predicted octanol–water partition coefficient (Wildman–Crippen LogP) is 3.08. The van der Waals surface area contributed by atoms with Gasteiger partial charge in [-0.25, -0.2) is 9.97 Å². The Morgan fingerprint density at radius 2 is 1.97 bits per heavy atom. The third-order valence-corrected chi connectivity index (χ3v) is 8.09. The van der Waals surface area contributed by atoms with E-state index in [9.17, 15) is 0 Å². The first kappa shape index (κ1) is 18.7. The van der Waals surface area contributed by atoms with Gasteiger partial charge in [-0.05, 0) is 55.2 Å². The molecule has 1 fully saturated rings. The van der Waals surface area contributed by atoms with Crippen LogP contribution in [0.1, 0.15) is 52.7 Å². The first-order chi connectivity index (χ1) is 14.8. The van der Waals surface area contributed by atoms with Crippen LogP contribution < -0.4 is 10.2 Å². The van der Waals surface area contributed by atoms with Crippen LogP contribution in [0.2, 0.25) is 0 Å². The number of thiophene rings is 1. The Morgan fingerprint density at radius 1 is 1.07 bits per heavy atom. The second-order valence-corrected chi connectivity index (χ2v) is 9.94. The highest BCUT2D eigenvalue weighted by Gasteiger charge is 2.26. The average molecular weight is 422 g/mol. The van der Waals surface area contributed by atoms with Crippen LogP contribution >= 0.6 is 11.3 Å². The van der Waals surface area contributed by atoms with E-state index in [2.05, 4.69) is 29.6 Å². The zero-order chi connectivity index (χ0) is 19.9. The second-order valence-electron chi connectivity index (χ2n) is 8.85. The van der Waals surface area contributed by atoms with Crippen molar-refractivity contribution in [2.75, 3.05) is 31.6 Å². The minimum absolute atomic E-state index is 0.341. The number of hydrogen-bond acceptors (Lipinski definition) is 5. The molecule has 1 aromatic carbocycles. The van der Waals surface area contributed by atoms with Crippen molar-refractivity contribution in [3.8, 4) is 0 Å². The molecule has 0 bridgehead atoms. The number of aryl methyl sites for hydroxylation is 3. The van der Waals surface area contributed by atoms with Crippen LogP contribution in [0.15, 0.2) is 24.3 Å². The molecule has 0 amide bonds. The summed E-state index contributed by atoms with van der Waals surface area (Å²) in [6, 6.07) is 9.26. The molecule has 6 heteroatoms. The number of hydrogen-bond donors (Lipinski definition) is 2. The van der Waals surface area contributed by atoms with Gasteiger partial charge in [0, 0.05) is 4.88 Å². The molecule has 0 unspecified atom stereocenters. The van der Waals surface area contributed by atoms with E-state index >= 15 is 0 Å². The Balaban J connectivity index is 1.39. The van der Waals surface area contributed by atoms with E-state index in [-0.39, 0.29) is 0 Å². The van der Waals surface area contributed by atoms with E-state index in [1.807, 2.05) is 11.3 Å². The Kier molecular flexibility index (Phi) is 4.94. The number of quaternary nitrogens is 1. The van der Waals surface area contributed by atoms with Crippen LogP contribution in [0, 0.1) is 0 Å². The summed E-state index contributed by atoms with van der Waals surface area (Å²) in [5.41, 5.74) is 4.44. The Bertz CT molecular complexity index is 1070. The summed E-state index contributed by atoms with van der Waals surface area (Å²) in [4.78, 5) is 14.4. The second kappa shape index (κ2) is 7.91. The van der Waals surface area contributed by atoms with Gasteiger partial charge < -0.3 is 15.0 Å². The summed E-state index contributed by atoms with van der Waals surface area (Å²) >= 11 is 1.90. The summed E-state index contributed by atoms with van der Waals surface area (Å²) in [7, 11) is 0. The maximum atomic E-state index is 5.53. The van der Waals surface area contributed by atoms with Crippen molar-refractivity contribution in [3.05, 3.63) is 51.7 Å². The molecule has 1 atom stereocenters. The van der Waals surface area contributed by atoms with Crippen molar-refractivity contribution in [3.63, 3.8) is 0 Å². The standard InChI is InChI=1S/C24H28N4OS/c1-2-7-17-16(5-1)6-3-9-19(17)25-23-22-18-8-4-10-20(18)30-24(22)27-21(26-23)15-28-11-13-29-14-12-28/h1-2,5,7,19H,3-4,6,8-15H2,(H,25,26,27)/p+1/t19-/m1/s1. The number of nitrogens with zero attached hydrogens (tertiary/aromatic N) is 2. The van der Waals surface area contributed by atoms with Gasteiger partial charge in [0.15, 0.2) is 5.82 Å². The maximum Gasteiger partial charge on any atom is 0.187 e. The molecule has 156 valence electrons. The van der Waals surface area contributed by atoms with Crippen molar-refractivity contribution in [1.29, 1.82) is 0 Å². The highest BCUT2D eigenvalue weighted by atomic mass is 32.1. The number of aromatic nitrogens is 2. The fraction of sp³-hybridized carbons (Fsp3) is 0.500. The summed E-state index contributed by atoms with van der Waals surface area (Å²) in [6.45, 7) is 4.66. The summed E-state index contributed by atoms with van der Waals surface area (Å²) in [6.07, 6.45) is 7.22. The molecule has 1 aliphatic heterocycles. The highest BCUT2D eigenvalue weighted by molar-refractivity contribution is 7.19. The van der Waals surface area contributed by atoms with E-state index < -0.39 is 0 Å². The number of benzene rings is 1. The number of rotatable bonds is 4. The summed E-state index contributed by atoms with van der Waals surface area (Å²) < 4.78 is 5.53. The van der Waals surface area contributed by atoms with Gasteiger partial charge in [0.2, 0.25) is 0 Å². The van der Waals surface area contributed by atoms with Gasteiger partial charge >= 0.3 is 0 Å². The van der Waals surface area contributed by atoms with Crippen molar-refractivity contribution < 1.29 is 9.64 Å². The monoisotopic (exact) mass is 421 g/mol. The number of nitrogens with one attached hydrogen (secondary N) is 2. The first-order valence-corrected chi connectivity index (χ1v) is 12.2. The molecule has 3 aliphatic rings. The smallest absolute Gasteiger partial charge is 0.187 e. The Hall–Kier alpha value is -2.02. The molecular weight excluding hydrogens is 392 g/mol. The van der Waals surface area contributed by atoms with E-state index in [0.29, 0.717) is 6.04 Å². The van der Waals surface area contributed by atoms with Gasteiger partial charge in [0.05, 0.1) is 24.6 Å². The highest BCUT2D eigenvalue weighted by Crippen LogP contribution is 2.41. The van der Waals surface area contributed by atoms with Crippen LogP contribution in [-0.2, 0) is 30.5 Å². The van der Waals surface area contributed by atoms with Crippen LogP contribution in [-0.4, -0.2) is 36.3 Å². The third-order valence-electron chi connectivity index (χ3n) is 6.90. The molecule has 3 heterocycles. The third kappa shape index (κ3) is 3.41. The van der Waals surface area contributed by atoms with E-state index in [0.717, 1.165) is 44.5 Å². The molecule has 1 saturated heterocycles. The number of ether oxygens (including phenoxy) is 1. The van der Waals surface area contributed by atoms with Crippen LogP contribution in [0.25, 0.3) is 10.2 Å². The molecule has 0 spiro atoms. The van der Waals surface area contributed by atoms with Crippen molar-refractivity contribution >= 4 is 27.4 Å². The minimum Gasteiger partial charge on any atom is -0.370 e. The van der Waals surface area contributed by atoms with Gasteiger partial charge in [0.25, 0.3) is 0 Å². The fourth-order valence-corrected chi connectivity index (χ4v) is 6.63. The molecule has 0 radical (unpaired) electrons. The largest absolute Gasteiger partial charge is 0.370 e. The van der Waals surface area contributed by atoms with Crippen LogP contribution in [0.3, 0.4) is 0 Å². The van der Waals surface area contributed by atoms with Gasteiger partial charge in [0.1, 0.15) is 30.3 Å². The lowest BCUT2D eigenvalue weighted by Crippen LogP contribution is -3.12. The van der Waals surface area contributed by atoms with E-state index in [1.54, 1.807) is 0 Å². The van der Waals surface area contributed by atoms with E-state index in [1.165, 1.54) is 75.2 Å². The van der Waals surface area contributed by atoms with Crippen LogP contribution in [0.5, 0.6) is 0 Å². The zero-order valence-corrected chi connectivity index (χ0v) is 18.2. The minimum atomic E-state index is 0.341. The quantitative estimate of drug-likeness (QED) is 0.680. The fourth-order valence-electron chi connectivity index (χ4n) is 5.35. The molecule has 0 saturated carbocycles. The lowest BCUT2D eigenvalue weighted by molar-refractivity contribution is -0.922. The number of anilines is 1. The lowest BCUT2D eigenvalue weighted by atomic mass is 9.87. The molecule has 5 nitrogen and oxygen atoms in total. The molecule has 3 aromatic rings. The van der Waals surface area contributed by atoms with Crippen LogP contribution in [0.4, 0.5) is 5.82 Å². The Morgan fingerprint density at radius 3 is 2.90 bits per heavy atom. The molecule has 30 heavy (non-hydrogen) atoms. The normalized spacial score (nSPS) is 21.5. The number of morpholine rings is 1. The van der Waals surface area contributed by atoms with Gasteiger partial charge in [-0.2, -0.15) is 0 Å². The van der Waals surface area contributed by atoms with Gasteiger partial charge in [-0.1, -0.05) is 24.3 Å². The van der Waals surface area contributed by atoms with Gasteiger partial charge in [-0.15, -0.1) is 11.3 Å². The van der Waals surface area contributed by atoms with Gasteiger partial charge in [-0.3, -0.25) is 0 Å². The Labute approximate surface area is 181 Å². The SMILES string of the molecule is c1ccc2c(c1)CCC[C@H]2Nc1nc(C[NH+]2CCOCC2)nc2sc3c(c12)CCC3. The molecule has 2 aromatic heterocycles. The zero-order valence-electron chi connectivity index (χ0n) is 17.4. The molecule has 6 rings (SSSR count). The number of fused-ring (bicyclic) bond motifs is 4. The molecular formula is C24H29N4OS+. The molecule has 2 aliphatic carbocycles. The lowest BCUT2D eigenvalue weighted by Gasteiger charge is -2.27.